The van der Waals surface area contributed by atoms with Gasteiger partial charge in [-0.15, -0.1) is 0 Å². The molecule has 1 N–H and O–H groups in total. The van der Waals surface area contributed by atoms with Gasteiger partial charge < -0.3 is 9.88 Å². The van der Waals surface area contributed by atoms with Gasteiger partial charge in [0.1, 0.15) is 5.82 Å². The van der Waals surface area contributed by atoms with Crippen LogP contribution in [-0.4, -0.2) is 59.7 Å². The van der Waals surface area contributed by atoms with E-state index in [1.165, 1.54) is 6.07 Å². The van der Waals surface area contributed by atoms with E-state index in [1.54, 1.807) is 22.5 Å². The van der Waals surface area contributed by atoms with Gasteiger partial charge in [0, 0.05) is 37.7 Å². The molecule has 0 saturated carbocycles. The first-order valence-electron chi connectivity index (χ1n) is 11.4. The van der Waals surface area contributed by atoms with Gasteiger partial charge in [0.25, 0.3) is 5.91 Å². The van der Waals surface area contributed by atoms with Crippen molar-refractivity contribution in [2.75, 3.05) is 26.2 Å². The number of para-hydroxylation sites is 2. The maximum atomic E-state index is 13.1. The molecule has 2 fully saturated rings. The van der Waals surface area contributed by atoms with E-state index in [4.69, 9.17) is 4.98 Å². The lowest BCUT2D eigenvalue weighted by atomic mass is 9.95. The lowest BCUT2D eigenvalue weighted by Crippen LogP contribution is -2.38. The molecule has 1 amide bonds. The molecule has 2 saturated heterocycles. The third kappa shape index (κ3) is 4.04. The molecular weight excluding hydrogens is 424 g/mol. The van der Waals surface area contributed by atoms with Crippen LogP contribution in [0, 0.1) is 0 Å². The smallest absolute Gasteiger partial charge is 0.253 e. The Morgan fingerprint density at radius 2 is 1.69 bits per heavy atom. The number of likely N-dealkylation sites (tertiary alicyclic amines) is 1. The van der Waals surface area contributed by atoms with Crippen LogP contribution in [0.1, 0.15) is 54.2 Å². The molecule has 3 aromatic rings. The van der Waals surface area contributed by atoms with E-state index in [1.807, 2.05) is 29.2 Å². The number of carbonyl (C=O) groups excluding carboxylic acids is 1. The maximum absolute atomic E-state index is 13.1. The Morgan fingerprint density at radius 3 is 2.44 bits per heavy atom. The number of fused-ring (bicyclic) bond motifs is 1. The van der Waals surface area contributed by atoms with Crippen LogP contribution in [0.15, 0.2) is 53.4 Å². The van der Waals surface area contributed by atoms with E-state index in [2.05, 4.69) is 4.98 Å². The number of nitrogens with one attached hydrogen (secondary N) is 1. The van der Waals surface area contributed by atoms with Crippen LogP contribution in [0.2, 0.25) is 0 Å². The van der Waals surface area contributed by atoms with Crippen LogP contribution >= 0.6 is 0 Å². The van der Waals surface area contributed by atoms with Crippen molar-refractivity contribution in [2.45, 2.75) is 42.9 Å². The zero-order chi connectivity index (χ0) is 22.1. The number of aromatic nitrogens is 2. The Bertz CT molecular complexity index is 1190. The maximum Gasteiger partial charge on any atom is 0.253 e. The molecular formula is C24H28N4O3S. The molecule has 32 heavy (non-hydrogen) atoms. The number of nitrogens with zero attached hydrogens (tertiary/aromatic N) is 3. The third-order valence-electron chi connectivity index (χ3n) is 6.61. The minimum atomic E-state index is -3.56. The first kappa shape index (κ1) is 21.2. The minimum Gasteiger partial charge on any atom is -0.342 e. The number of amides is 1. The number of sulfonamides is 1. The SMILES string of the molecule is O=C(c1cccc(S(=O)(=O)N2CCCCC2)c1)N1CCC(c2nc3ccccc3[nH]2)CC1. The molecule has 0 bridgehead atoms. The fraction of sp³-hybridized carbons (Fsp3) is 0.417. The average molecular weight is 453 g/mol. The van der Waals surface area contributed by atoms with E-state index in [0.29, 0.717) is 31.7 Å². The predicted octanol–water partition coefficient (Wildman–Crippen LogP) is 3.76. The largest absolute Gasteiger partial charge is 0.342 e. The Balaban J connectivity index is 1.27. The van der Waals surface area contributed by atoms with Gasteiger partial charge in [-0.25, -0.2) is 13.4 Å². The number of aromatic amines is 1. The summed E-state index contributed by atoms with van der Waals surface area (Å²) in [6.07, 6.45) is 4.50. The van der Waals surface area contributed by atoms with E-state index >= 15 is 0 Å². The average Bonchev–Trinajstić information content (AvgIpc) is 3.29. The van der Waals surface area contributed by atoms with Crippen LogP contribution in [0.25, 0.3) is 11.0 Å². The number of H-pyrrole nitrogens is 1. The van der Waals surface area contributed by atoms with E-state index < -0.39 is 10.0 Å². The molecule has 168 valence electrons. The quantitative estimate of drug-likeness (QED) is 0.653. The Labute approximate surface area is 188 Å². The second-order valence-corrected chi connectivity index (χ2v) is 10.6. The molecule has 3 heterocycles. The zero-order valence-corrected chi connectivity index (χ0v) is 18.9. The van der Waals surface area contributed by atoms with Gasteiger partial charge in [-0.3, -0.25) is 4.79 Å². The zero-order valence-electron chi connectivity index (χ0n) is 18.0. The van der Waals surface area contributed by atoms with Gasteiger partial charge in [0.05, 0.1) is 15.9 Å². The van der Waals surface area contributed by atoms with E-state index in [-0.39, 0.29) is 16.7 Å². The molecule has 2 aliphatic heterocycles. The molecule has 0 spiro atoms. The van der Waals surface area contributed by atoms with Crippen molar-refractivity contribution in [3.63, 3.8) is 0 Å². The fourth-order valence-electron chi connectivity index (χ4n) is 4.75. The van der Waals surface area contributed by atoms with Crippen LogP contribution in [0.4, 0.5) is 0 Å². The summed E-state index contributed by atoms with van der Waals surface area (Å²) in [5, 5.41) is 0. The molecule has 0 unspecified atom stereocenters. The lowest BCUT2D eigenvalue weighted by Gasteiger charge is -2.31. The second kappa shape index (κ2) is 8.67. The Hall–Kier alpha value is -2.71. The Morgan fingerprint density at radius 1 is 0.938 bits per heavy atom. The monoisotopic (exact) mass is 452 g/mol. The second-order valence-electron chi connectivity index (χ2n) is 8.70. The van der Waals surface area contributed by atoms with E-state index in [0.717, 1.165) is 49.0 Å². The lowest BCUT2D eigenvalue weighted by molar-refractivity contribution is 0.0711. The van der Waals surface area contributed by atoms with Gasteiger partial charge in [0.2, 0.25) is 10.0 Å². The van der Waals surface area contributed by atoms with Crippen molar-refractivity contribution in [3.05, 3.63) is 59.9 Å². The molecule has 1 aromatic heterocycles. The number of carbonyl (C=O) groups is 1. The summed E-state index contributed by atoms with van der Waals surface area (Å²) in [6, 6.07) is 14.5. The van der Waals surface area contributed by atoms with Crippen LogP contribution in [0.3, 0.4) is 0 Å². The first-order chi connectivity index (χ1) is 15.5. The van der Waals surface area contributed by atoms with E-state index in [9.17, 15) is 13.2 Å². The third-order valence-corrected chi connectivity index (χ3v) is 8.50. The van der Waals surface area contributed by atoms with Gasteiger partial charge >= 0.3 is 0 Å². The van der Waals surface area contributed by atoms with Crippen LogP contribution in [-0.2, 0) is 10.0 Å². The van der Waals surface area contributed by atoms with Crippen molar-refractivity contribution in [1.29, 1.82) is 0 Å². The summed E-state index contributed by atoms with van der Waals surface area (Å²) in [6.45, 7) is 2.36. The molecule has 2 aromatic carbocycles. The van der Waals surface area contributed by atoms with Crippen molar-refractivity contribution < 1.29 is 13.2 Å². The minimum absolute atomic E-state index is 0.108. The summed E-state index contributed by atoms with van der Waals surface area (Å²) in [5.41, 5.74) is 2.44. The van der Waals surface area contributed by atoms with Crippen molar-refractivity contribution >= 4 is 27.0 Å². The fourth-order valence-corrected chi connectivity index (χ4v) is 6.31. The van der Waals surface area contributed by atoms with Gasteiger partial charge in [-0.05, 0) is 56.0 Å². The Kier molecular flexibility index (Phi) is 5.73. The number of hydrogen-bond acceptors (Lipinski definition) is 4. The summed E-state index contributed by atoms with van der Waals surface area (Å²) in [7, 11) is -3.56. The normalized spacial score (nSPS) is 18.8. The number of benzene rings is 2. The van der Waals surface area contributed by atoms with Gasteiger partial charge in [-0.1, -0.05) is 24.6 Å². The molecule has 0 aliphatic carbocycles. The molecule has 7 nitrogen and oxygen atoms in total. The highest BCUT2D eigenvalue weighted by atomic mass is 32.2. The summed E-state index contributed by atoms with van der Waals surface area (Å²) >= 11 is 0. The molecule has 2 aliphatic rings. The number of imidazole rings is 1. The van der Waals surface area contributed by atoms with Gasteiger partial charge in [-0.2, -0.15) is 4.31 Å². The summed E-state index contributed by atoms with van der Waals surface area (Å²) < 4.78 is 27.5. The number of piperidine rings is 2. The summed E-state index contributed by atoms with van der Waals surface area (Å²) in [5.74, 6) is 1.16. The van der Waals surface area contributed by atoms with Crippen molar-refractivity contribution in [1.82, 2.24) is 19.2 Å². The molecule has 5 rings (SSSR count). The predicted molar refractivity (Wildman–Crippen MR) is 123 cm³/mol. The van der Waals surface area contributed by atoms with Crippen LogP contribution < -0.4 is 0 Å². The van der Waals surface area contributed by atoms with Crippen molar-refractivity contribution in [2.24, 2.45) is 0 Å². The standard InChI is InChI=1S/C24H28N4O3S/c29-24(19-7-6-8-20(17-19)32(30,31)28-13-4-1-5-14-28)27-15-11-18(12-16-27)23-25-21-9-2-3-10-22(21)26-23/h2-3,6-10,17-18H,1,4-5,11-16H2,(H,25,26). The number of hydrogen-bond donors (Lipinski definition) is 1. The topological polar surface area (TPSA) is 86.4 Å². The molecule has 8 heteroatoms. The highest BCUT2D eigenvalue weighted by molar-refractivity contribution is 7.89. The summed E-state index contributed by atoms with van der Waals surface area (Å²) in [4.78, 5) is 23.3. The van der Waals surface area contributed by atoms with Crippen molar-refractivity contribution in [3.8, 4) is 0 Å². The highest BCUT2D eigenvalue weighted by Gasteiger charge is 2.29. The highest BCUT2D eigenvalue weighted by Crippen LogP contribution is 2.29. The first-order valence-corrected chi connectivity index (χ1v) is 12.8. The number of rotatable bonds is 4. The van der Waals surface area contributed by atoms with Crippen LogP contribution in [0.5, 0.6) is 0 Å². The molecule has 0 atom stereocenters. The molecule has 0 radical (unpaired) electrons. The van der Waals surface area contributed by atoms with Gasteiger partial charge in [0.15, 0.2) is 0 Å².